The number of nitrogens with one attached hydrogen (secondary N) is 2. The zero-order valence-corrected chi connectivity index (χ0v) is 16.3. The van der Waals surface area contributed by atoms with Gasteiger partial charge >= 0.3 is 0 Å². The van der Waals surface area contributed by atoms with E-state index in [1.54, 1.807) is 7.05 Å². The van der Waals surface area contributed by atoms with E-state index in [1.807, 2.05) is 11.3 Å². The van der Waals surface area contributed by atoms with E-state index in [4.69, 9.17) is 0 Å². The molecule has 6 nitrogen and oxygen atoms in total. The Morgan fingerprint density at radius 2 is 2.25 bits per heavy atom. The molecule has 0 aliphatic carbocycles. The molecule has 24 heavy (non-hydrogen) atoms. The van der Waals surface area contributed by atoms with Crippen molar-refractivity contribution in [1.29, 1.82) is 0 Å². The second-order valence-corrected chi connectivity index (χ2v) is 9.59. The molecule has 2 heterocycles. The van der Waals surface area contributed by atoms with Crippen molar-refractivity contribution in [1.82, 2.24) is 15.5 Å². The standard InChI is InChI=1S/C16H28N4O2S2/c1-17-16(18-8-11-24(3,21)22)19-12-13-6-4-9-20(2)15(13)14-7-5-10-23-14/h5,7,10,13,15H,4,6,8-9,11-12H2,1-3H3,(H2,17,18,19). The summed E-state index contributed by atoms with van der Waals surface area (Å²) in [6.45, 7) is 2.32. The number of likely N-dealkylation sites (tertiary alicyclic amines) is 1. The van der Waals surface area contributed by atoms with Gasteiger partial charge in [0.05, 0.1) is 5.75 Å². The summed E-state index contributed by atoms with van der Waals surface area (Å²) in [5.41, 5.74) is 0. The summed E-state index contributed by atoms with van der Waals surface area (Å²) >= 11 is 1.81. The van der Waals surface area contributed by atoms with E-state index in [0.29, 0.717) is 24.5 Å². The second kappa shape index (κ2) is 8.82. The molecule has 2 rings (SSSR count). The Kier molecular flexibility index (Phi) is 7.06. The summed E-state index contributed by atoms with van der Waals surface area (Å²) in [4.78, 5) is 8.03. The van der Waals surface area contributed by atoms with E-state index >= 15 is 0 Å². The third-order valence-corrected chi connectivity index (χ3v) is 6.25. The molecular weight excluding hydrogens is 344 g/mol. The van der Waals surface area contributed by atoms with E-state index in [9.17, 15) is 8.42 Å². The van der Waals surface area contributed by atoms with E-state index < -0.39 is 9.84 Å². The van der Waals surface area contributed by atoms with Crippen molar-refractivity contribution in [3.63, 3.8) is 0 Å². The smallest absolute Gasteiger partial charge is 0.191 e. The number of sulfone groups is 1. The Balaban J connectivity index is 1.90. The van der Waals surface area contributed by atoms with Crippen molar-refractivity contribution < 1.29 is 8.42 Å². The van der Waals surface area contributed by atoms with Crippen LogP contribution in [0, 0.1) is 5.92 Å². The lowest BCUT2D eigenvalue weighted by molar-refractivity contribution is 0.125. The first-order valence-corrected chi connectivity index (χ1v) is 11.2. The van der Waals surface area contributed by atoms with Crippen LogP contribution < -0.4 is 10.6 Å². The third-order valence-electron chi connectivity index (χ3n) is 4.36. The van der Waals surface area contributed by atoms with Crippen LogP contribution in [0.2, 0.25) is 0 Å². The lowest BCUT2D eigenvalue weighted by atomic mass is 9.88. The van der Waals surface area contributed by atoms with Crippen molar-refractivity contribution in [2.75, 3.05) is 45.7 Å². The van der Waals surface area contributed by atoms with Crippen molar-refractivity contribution in [3.05, 3.63) is 22.4 Å². The molecule has 8 heteroatoms. The molecule has 0 radical (unpaired) electrons. The monoisotopic (exact) mass is 372 g/mol. The highest BCUT2D eigenvalue weighted by Gasteiger charge is 2.31. The van der Waals surface area contributed by atoms with E-state index in [0.717, 1.165) is 13.1 Å². The van der Waals surface area contributed by atoms with Crippen LogP contribution in [0.3, 0.4) is 0 Å². The highest BCUT2D eigenvalue weighted by atomic mass is 32.2. The number of rotatable bonds is 6. The molecule has 0 amide bonds. The van der Waals surface area contributed by atoms with E-state index in [1.165, 1.54) is 24.0 Å². The Labute approximate surface area is 149 Å². The van der Waals surface area contributed by atoms with Gasteiger partial charge in [0.1, 0.15) is 9.84 Å². The van der Waals surface area contributed by atoms with Crippen LogP contribution in [0.25, 0.3) is 0 Å². The fourth-order valence-corrected chi connectivity index (χ4v) is 4.64. The maximum Gasteiger partial charge on any atom is 0.191 e. The van der Waals surface area contributed by atoms with Gasteiger partial charge in [-0.1, -0.05) is 6.07 Å². The van der Waals surface area contributed by atoms with Crippen LogP contribution in [0.1, 0.15) is 23.8 Å². The SMILES string of the molecule is CN=C(NCCS(C)(=O)=O)NCC1CCCN(C)C1c1cccs1. The molecule has 2 N–H and O–H groups in total. The molecule has 1 aliphatic rings. The first-order chi connectivity index (χ1) is 11.4. The summed E-state index contributed by atoms with van der Waals surface area (Å²) in [6, 6.07) is 4.75. The topological polar surface area (TPSA) is 73.8 Å². The van der Waals surface area contributed by atoms with Gasteiger partial charge in [-0.25, -0.2) is 8.42 Å². The van der Waals surface area contributed by atoms with E-state index in [2.05, 4.69) is 45.1 Å². The molecule has 2 unspecified atom stereocenters. The first-order valence-electron chi connectivity index (χ1n) is 8.26. The van der Waals surface area contributed by atoms with Crippen LogP contribution in [0.15, 0.2) is 22.5 Å². The molecule has 1 aromatic heterocycles. The quantitative estimate of drug-likeness (QED) is 0.582. The van der Waals surface area contributed by atoms with Gasteiger partial charge in [-0.3, -0.25) is 9.89 Å². The van der Waals surface area contributed by atoms with Crippen LogP contribution in [0.5, 0.6) is 0 Å². The van der Waals surface area contributed by atoms with Gasteiger partial charge in [-0.15, -0.1) is 11.3 Å². The highest BCUT2D eigenvalue weighted by molar-refractivity contribution is 7.90. The number of aliphatic imine (C=N–C) groups is 1. The van der Waals surface area contributed by atoms with Gasteiger partial charge in [-0.05, 0) is 43.8 Å². The zero-order valence-electron chi connectivity index (χ0n) is 14.7. The largest absolute Gasteiger partial charge is 0.356 e. The average molecular weight is 373 g/mol. The normalized spacial score (nSPS) is 23.2. The molecule has 136 valence electrons. The maximum atomic E-state index is 11.2. The number of nitrogens with zero attached hydrogens (tertiary/aromatic N) is 2. The van der Waals surface area contributed by atoms with E-state index in [-0.39, 0.29) is 5.75 Å². The number of hydrogen-bond acceptors (Lipinski definition) is 5. The molecule has 2 atom stereocenters. The minimum atomic E-state index is -2.96. The Morgan fingerprint density at radius 1 is 1.46 bits per heavy atom. The predicted molar refractivity (Wildman–Crippen MR) is 101 cm³/mol. The van der Waals surface area contributed by atoms with Gasteiger partial charge in [0.2, 0.25) is 0 Å². The van der Waals surface area contributed by atoms with Crippen molar-refractivity contribution >= 4 is 27.1 Å². The fraction of sp³-hybridized carbons (Fsp3) is 0.688. The molecule has 1 fully saturated rings. The average Bonchev–Trinajstić information content (AvgIpc) is 3.03. The molecule has 0 spiro atoms. The first kappa shape index (κ1) is 19.2. The molecule has 0 aromatic carbocycles. The maximum absolute atomic E-state index is 11.2. The van der Waals surface area contributed by atoms with Crippen molar-refractivity contribution in [2.45, 2.75) is 18.9 Å². The Bertz CT molecular complexity index is 629. The highest BCUT2D eigenvalue weighted by Crippen LogP contribution is 2.36. The summed E-state index contributed by atoms with van der Waals surface area (Å²) in [5, 5.41) is 8.57. The van der Waals surface area contributed by atoms with Crippen molar-refractivity contribution in [2.24, 2.45) is 10.9 Å². The number of piperidine rings is 1. The van der Waals surface area contributed by atoms with Gasteiger partial charge in [-0.2, -0.15) is 0 Å². The van der Waals surface area contributed by atoms with Crippen LogP contribution in [0.4, 0.5) is 0 Å². The Morgan fingerprint density at radius 3 is 2.88 bits per heavy atom. The lowest BCUT2D eigenvalue weighted by Crippen LogP contribution is -2.45. The van der Waals surface area contributed by atoms with Crippen LogP contribution in [-0.4, -0.2) is 65.0 Å². The van der Waals surface area contributed by atoms with Gasteiger partial charge in [0.15, 0.2) is 5.96 Å². The molecule has 1 saturated heterocycles. The summed E-state index contributed by atoms with van der Waals surface area (Å²) in [5.74, 6) is 1.28. The summed E-state index contributed by atoms with van der Waals surface area (Å²) in [7, 11) is 0.938. The summed E-state index contributed by atoms with van der Waals surface area (Å²) < 4.78 is 22.4. The molecule has 0 bridgehead atoms. The predicted octanol–water partition coefficient (Wildman–Crippen LogP) is 1.34. The Hall–Kier alpha value is -1.12. The lowest BCUT2D eigenvalue weighted by Gasteiger charge is -2.39. The minimum absolute atomic E-state index is 0.109. The number of guanidine groups is 1. The van der Waals surface area contributed by atoms with Crippen LogP contribution >= 0.6 is 11.3 Å². The van der Waals surface area contributed by atoms with Gasteiger partial charge < -0.3 is 10.6 Å². The van der Waals surface area contributed by atoms with Crippen molar-refractivity contribution in [3.8, 4) is 0 Å². The third kappa shape index (κ3) is 5.75. The molecule has 0 saturated carbocycles. The minimum Gasteiger partial charge on any atom is -0.356 e. The van der Waals surface area contributed by atoms with Gasteiger partial charge in [0, 0.05) is 37.3 Å². The molecular formula is C16H28N4O2S2. The molecule has 1 aliphatic heterocycles. The number of thiophene rings is 1. The summed E-state index contributed by atoms with van der Waals surface area (Å²) in [6.07, 6.45) is 3.62. The number of hydrogen-bond donors (Lipinski definition) is 2. The molecule has 1 aromatic rings. The zero-order chi connectivity index (χ0) is 17.6. The fourth-order valence-electron chi connectivity index (χ4n) is 3.19. The second-order valence-electron chi connectivity index (χ2n) is 6.35. The van der Waals surface area contributed by atoms with Gasteiger partial charge in [0.25, 0.3) is 0 Å². The van der Waals surface area contributed by atoms with Crippen LogP contribution in [-0.2, 0) is 9.84 Å².